The lowest BCUT2D eigenvalue weighted by Crippen LogP contribution is -2.16. The molecule has 2 aromatic rings. The second-order valence-corrected chi connectivity index (χ2v) is 6.03. The van der Waals surface area contributed by atoms with Gasteiger partial charge in [-0.15, -0.1) is 11.3 Å². The van der Waals surface area contributed by atoms with Crippen LogP contribution in [0.5, 0.6) is 0 Å². The van der Waals surface area contributed by atoms with E-state index in [1.807, 2.05) is 32.2 Å². The monoisotopic (exact) mass is 285 g/mol. The fourth-order valence-electron chi connectivity index (χ4n) is 1.80. The first-order valence-electron chi connectivity index (χ1n) is 5.30. The van der Waals surface area contributed by atoms with Crippen molar-refractivity contribution in [3.63, 3.8) is 0 Å². The molecule has 1 aromatic heterocycles. The zero-order valence-corrected chi connectivity index (χ0v) is 12.0. The molecule has 2 rings (SSSR count). The quantitative estimate of drug-likeness (QED) is 0.864. The Kier molecular flexibility index (Phi) is 4.10. The molecule has 0 amide bonds. The maximum absolute atomic E-state index is 6.04. The lowest BCUT2D eigenvalue weighted by Gasteiger charge is -2.16. The molecular formula is C13H13Cl2NS. The SMILES string of the molecule is CNC(c1ccc(Cl)c(C)c1)c1ccc(Cl)s1. The number of thiophene rings is 1. The van der Waals surface area contributed by atoms with Gasteiger partial charge in [-0.2, -0.15) is 0 Å². The van der Waals surface area contributed by atoms with Gasteiger partial charge < -0.3 is 5.32 Å². The molecule has 0 aliphatic rings. The molecule has 0 fully saturated rings. The van der Waals surface area contributed by atoms with Crippen LogP contribution in [0, 0.1) is 6.92 Å². The minimum absolute atomic E-state index is 0.170. The van der Waals surface area contributed by atoms with Crippen molar-refractivity contribution in [1.29, 1.82) is 0 Å². The first-order valence-corrected chi connectivity index (χ1v) is 6.87. The van der Waals surface area contributed by atoms with E-state index in [1.54, 1.807) is 11.3 Å². The maximum atomic E-state index is 6.04. The summed E-state index contributed by atoms with van der Waals surface area (Å²) in [5, 5.41) is 4.10. The van der Waals surface area contributed by atoms with Crippen LogP contribution in [-0.4, -0.2) is 7.05 Å². The van der Waals surface area contributed by atoms with Crippen molar-refractivity contribution in [1.82, 2.24) is 5.32 Å². The molecule has 1 heterocycles. The average molecular weight is 286 g/mol. The Morgan fingerprint density at radius 2 is 1.94 bits per heavy atom. The van der Waals surface area contributed by atoms with E-state index in [-0.39, 0.29) is 6.04 Å². The van der Waals surface area contributed by atoms with Gasteiger partial charge in [-0.25, -0.2) is 0 Å². The molecule has 0 radical (unpaired) electrons. The number of rotatable bonds is 3. The molecule has 1 unspecified atom stereocenters. The van der Waals surface area contributed by atoms with E-state index in [1.165, 1.54) is 10.4 Å². The number of aryl methyl sites for hydroxylation is 1. The van der Waals surface area contributed by atoms with Gasteiger partial charge in [0.2, 0.25) is 0 Å². The highest BCUT2D eigenvalue weighted by Crippen LogP contribution is 2.32. The second kappa shape index (κ2) is 5.40. The topological polar surface area (TPSA) is 12.0 Å². The summed E-state index contributed by atoms with van der Waals surface area (Å²) in [5.41, 5.74) is 2.29. The van der Waals surface area contributed by atoms with Gasteiger partial charge in [0.05, 0.1) is 10.4 Å². The maximum Gasteiger partial charge on any atom is 0.0931 e. The third-order valence-corrected chi connectivity index (χ3v) is 4.40. The highest BCUT2D eigenvalue weighted by molar-refractivity contribution is 7.16. The molecular weight excluding hydrogens is 273 g/mol. The molecule has 1 N–H and O–H groups in total. The van der Waals surface area contributed by atoms with E-state index in [2.05, 4.69) is 17.4 Å². The summed E-state index contributed by atoms with van der Waals surface area (Å²) in [7, 11) is 1.95. The van der Waals surface area contributed by atoms with Gasteiger partial charge in [-0.1, -0.05) is 35.3 Å². The number of hydrogen-bond acceptors (Lipinski definition) is 2. The molecule has 90 valence electrons. The Hall–Kier alpha value is -0.540. The van der Waals surface area contributed by atoms with Crippen LogP contribution in [0.3, 0.4) is 0 Å². The van der Waals surface area contributed by atoms with Crippen molar-refractivity contribution in [2.45, 2.75) is 13.0 Å². The van der Waals surface area contributed by atoms with E-state index in [4.69, 9.17) is 23.2 Å². The summed E-state index contributed by atoms with van der Waals surface area (Å²) < 4.78 is 0.811. The third kappa shape index (κ3) is 2.83. The van der Waals surface area contributed by atoms with E-state index in [0.717, 1.165) is 14.9 Å². The molecule has 0 aliphatic heterocycles. The van der Waals surface area contributed by atoms with Gasteiger partial charge in [-0.05, 0) is 43.3 Å². The van der Waals surface area contributed by atoms with E-state index >= 15 is 0 Å². The standard InChI is InChI=1S/C13H13Cl2NS/c1-8-7-9(3-4-10(8)14)13(16-2)11-5-6-12(15)17-11/h3-7,13,16H,1-2H3. The van der Waals surface area contributed by atoms with Crippen molar-refractivity contribution >= 4 is 34.5 Å². The fourth-order valence-corrected chi connectivity index (χ4v) is 3.12. The zero-order valence-electron chi connectivity index (χ0n) is 9.63. The molecule has 4 heteroatoms. The third-order valence-electron chi connectivity index (χ3n) is 2.68. The minimum atomic E-state index is 0.170. The summed E-state index contributed by atoms with van der Waals surface area (Å²) in [6.45, 7) is 2.01. The molecule has 0 saturated heterocycles. The molecule has 0 bridgehead atoms. The van der Waals surface area contributed by atoms with E-state index in [0.29, 0.717) is 0 Å². The molecule has 1 nitrogen and oxygen atoms in total. The largest absolute Gasteiger partial charge is 0.309 e. The predicted octanol–water partition coefficient (Wildman–Crippen LogP) is 4.67. The van der Waals surface area contributed by atoms with Gasteiger partial charge in [0.25, 0.3) is 0 Å². The van der Waals surface area contributed by atoms with E-state index in [9.17, 15) is 0 Å². The van der Waals surface area contributed by atoms with Crippen molar-refractivity contribution in [3.8, 4) is 0 Å². The summed E-state index contributed by atoms with van der Waals surface area (Å²) in [4.78, 5) is 1.21. The lowest BCUT2D eigenvalue weighted by molar-refractivity contribution is 0.703. The van der Waals surface area contributed by atoms with Crippen LogP contribution in [0.15, 0.2) is 30.3 Å². The minimum Gasteiger partial charge on any atom is -0.309 e. The van der Waals surface area contributed by atoms with Crippen molar-refractivity contribution < 1.29 is 0 Å². The Bertz CT molecular complexity index is 522. The van der Waals surface area contributed by atoms with Crippen molar-refractivity contribution in [3.05, 3.63) is 55.7 Å². The normalized spacial score (nSPS) is 12.7. The molecule has 0 spiro atoms. The van der Waals surface area contributed by atoms with Crippen molar-refractivity contribution in [2.24, 2.45) is 0 Å². The Morgan fingerprint density at radius 3 is 2.47 bits per heavy atom. The highest BCUT2D eigenvalue weighted by Gasteiger charge is 2.14. The second-order valence-electron chi connectivity index (χ2n) is 3.87. The molecule has 17 heavy (non-hydrogen) atoms. The molecule has 0 aliphatic carbocycles. The van der Waals surface area contributed by atoms with E-state index < -0.39 is 0 Å². The Labute approximate surface area is 115 Å². The first kappa shape index (κ1) is 12.9. The number of nitrogens with one attached hydrogen (secondary N) is 1. The first-order chi connectivity index (χ1) is 8.11. The number of halogens is 2. The smallest absolute Gasteiger partial charge is 0.0931 e. The van der Waals surface area contributed by atoms with Crippen LogP contribution in [0.1, 0.15) is 22.0 Å². The number of benzene rings is 1. The lowest BCUT2D eigenvalue weighted by atomic mass is 10.0. The van der Waals surface area contributed by atoms with Crippen LogP contribution < -0.4 is 5.32 Å². The van der Waals surface area contributed by atoms with Crippen LogP contribution in [0.2, 0.25) is 9.36 Å². The molecule has 0 saturated carbocycles. The van der Waals surface area contributed by atoms with Crippen LogP contribution >= 0.6 is 34.5 Å². The Balaban J connectivity index is 2.38. The predicted molar refractivity (Wildman–Crippen MR) is 76.4 cm³/mol. The summed E-state index contributed by atoms with van der Waals surface area (Å²) in [5.74, 6) is 0. The summed E-state index contributed by atoms with van der Waals surface area (Å²) in [6.07, 6.45) is 0. The zero-order chi connectivity index (χ0) is 12.4. The molecule has 1 atom stereocenters. The fraction of sp³-hybridized carbons (Fsp3) is 0.231. The summed E-state index contributed by atoms with van der Waals surface area (Å²) in [6, 6.07) is 10.2. The molecule has 1 aromatic carbocycles. The average Bonchev–Trinajstić information content (AvgIpc) is 2.71. The Morgan fingerprint density at radius 1 is 1.18 bits per heavy atom. The van der Waals surface area contributed by atoms with Gasteiger partial charge in [0.1, 0.15) is 0 Å². The van der Waals surface area contributed by atoms with Gasteiger partial charge in [0.15, 0.2) is 0 Å². The van der Waals surface area contributed by atoms with Crippen molar-refractivity contribution in [2.75, 3.05) is 7.05 Å². The van der Waals surface area contributed by atoms with Crippen LogP contribution in [0.4, 0.5) is 0 Å². The van der Waals surface area contributed by atoms with Crippen LogP contribution in [0.25, 0.3) is 0 Å². The summed E-state index contributed by atoms with van der Waals surface area (Å²) >= 11 is 13.6. The van der Waals surface area contributed by atoms with Gasteiger partial charge in [-0.3, -0.25) is 0 Å². The highest BCUT2D eigenvalue weighted by atomic mass is 35.5. The van der Waals surface area contributed by atoms with Gasteiger partial charge in [0, 0.05) is 9.90 Å². The van der Waals surface area contributed by atoms with Gasteiger partial charge >= 0.3 is 0 Å². The number of hydrogen-bond donors (Lipinski definition) is 1. The van der Waals surface area contributed by atoms with Crippen LogP contribution in [-0.2, 0) is 0 Å².